The second-order valence-electron chi connectivity index (χ2n) is 8.90. The zero-order valence-corrected chi connectivity index (χ0v) is 17.1. The number of piperazine rings is 1. The quantitative estimate of drug-likeness (QED) is 0.813. The number of ether oxygens (including phenoxy) is 1. The lowest BCUT2D eigenvalue weighted by molar-refractivity contribution is -0.139. The number of rotatable bonds is 3. The van der Waals surface area contributed by atoms with Gasteiger partial charge in [0.05, 0.1) is 12.1 Å². The van der Waals surface area contributed by atoms with Crippen LogP contribution in [0.4, 0.5) is 9.18 Å². The summed E-state index contributed by atoms with van der Waals surface area (Å²) in [6.07, 6.45) is 3.19. The number of hydrogen-bond donors (Lipinski definition) is 1. The summed E-state index contributed by atoms with van der Waals surface area (Å²) in [5.41, 5.74) is 1.17. The van der Waals surface area contributed by atoms with Crippen molar-refractivity contribution in [2.75, 3.05) is 45.9 Å². The van der Waals surface area contributed by atoms with Crippen LogP contribution in [0, 0.1) is 11.7 Å². The van der Waals surface area contributed by atoms with Gasteiger partial charge < -0.3 is 19.9 Å². The van der Waals surface area contributed by atoms with E-state index in [4.69, 9.17) is 4.74 Å². The molecule has 3 atom stereocenters. The van der Waals surface area contributed by atoms with Crippen molar-refractivity contribution >= 4 is 11.9 Å². The van der Waals surface area contributed by atoms with E-state index in [1.54, 1.807) is 12.1 Å². The lowest BCUT2D eigenvalue weighted by Gasteiger charge is -2.44. The first-order chi connectivity index (χ1) is 14.6. The number of nitrogens with one attached hydrogen (secondary N) is 1. The van der Waals surface area contributed by atoms with Crippen LogP contribution in [0.15, 0.2) is 24.3 Å². The number of hydrogen-bond acceptors (Lipinski definition) is 4. The number of halogens is 1. The fourth-order valence-corrected chi connectivity index (χ4v) is 5.12. The summed E-state index contributed by atoms with van der Waals surface area (Å²) < 4.78 is 18.9. The van der Waals surface area contributed by atoms with Gasteiger partial charge in [-0.25, -0.2) is 9.18 Å². The molecule has 1 N–H and O–H groups in total. The van der Waals surface area contributed by atoms with Crippen molar-refractivity contribution in [1.29, 1.82) is 0 Å². The average molecular weight is 416 g/mol. The summed E-state index contributed by atoms with van der Waals surface area (Å²) in [4.78, 5) is 30.9. The lowest BCUT2D eigenvalue weighted by Crippen LogP contribution is -2.63. The van der Waals surface area contributed by atoms with Crippen LogP contribution in [0.3, 0.4) is 0 Å². The second kappa shape index (κ2) is 8.15. The maximum absolute atomic E-state index is 13.4. The summed E-state index contributed by atoms with van der Waals surface area (Å²) in [6.45, 7) is 4.32. The topological polar surface area (TPSA) is 65.1 Å². The zero-order valence-electron chi connectivity index (χ0n) is 17.1. The third-order valence-electron chi connectivity index (χ3n) is 6.85. The molecule has 0 bridgehead atoms. The SMILES string of the molecule is O=C1CO[C@H]2CCN(C(=O)N3CCN(C(c4ccc(F)cc4)C4CC4)CC3)C[C@H]2N1. The minimum absolute atomic E-state index is 0.0126. The number of carbonyl (C=O) groups is 2. The summed E-state index contributed by atoms with van der Waals surface area (Å²) in [5.74, 6) is 0.324. The molecule has 162 valence electrons. The van der Waals surface area contributed by atoms with E-state index in [2.05, 4.69) is 10.2 Å². The fourth-order valence-electron chi connectivity index (χ4n) is 5.12. The van der Waals surface area contributed by atoms with Crippen molar-refractivity contribution in [3.05, 3.63) is 35.6 Å². The Labute approximate surface area is 176 Å². The van der Waals surface area contributed by atoms with Gasteiger partial charge in [-0.2, -0.15) is 0 Å². The summed E-state index contributed by atoms with van der Waals surface area (Å²) >= 11 is 0. The van der Waals surface area contributed by atoms with Crippen molar-refractivity contribution in [2.24, 2.45) is 5.92 Å². The van der Waals surface area contributed by atoms with Crippen molar-refractivity contribution < 1.29 is 18.7 Å². The fraction of sp³-hybridized carbons (Fsp3) is 0.636. The van der Waals surface area contributed by atoms with Gasteiger partial charge in [0.1, 0.15) is 12.4 Å². The number of likely N-dealkylation sites (tertiary alicyclic amines) is 1. The molecule has 1 aromatic carbocycles. The molecule has 4 aliphatic rings. The highest BCUT2D eigenvalue weighted by atomic mass is 19.1. The van der Waals surface area contributed by atoms with E-state index in [9.17, 15) is 14.0 Å². The third-order valence-corrected chi connectivity index (χ3v) is 6.85. The van der Waals surface area contributed by atoms with Gasteiger partial charge in [-0.15, -0.1) is 0 Å². The molecule has 3 aliphatic heterocycles. The number of fused-ring (bicyclic) bond motifs is 1. The standard InChI is InChI=1S/C22H29FN4O3/c23-17-5-3-16(4-6-17)21(15-1-2-15)25-9-11-26(12-10-25)22(29)27-8-7-19-18(13-27)24-20(28)14-30-19/h3-6,15,18-19,21H,1-2,7-14H2,(H,24,28)/t18-,19+,21?/m1/s1. The van der Waals surface area contributed by atoms with Crippen molar-refractivity contribution in [3.63, 3.8) is 0 Å². The maximum Gasteiger partial charge on any atom is 0.320 e. The largest absolute Gasteiger partial charge is 0.366 e. The van der Waals surface area contributed by atoms with Crippen LogP contribution in [-0.2, 0) is 9.53 Å². The predicted molar refractivity (Wildman–Crippen MR) is 108 cm³/mol. The lowest BCUT2D eigenvalue weighted by atomic mass is 9.99. The molecular formula is C22H29FN4O3. The van der Waals surface area contributed by atoms with Gasteiger partial charge in [0.2, 0.25) is 5.91 Å². The molecule has 3 amide bonds. The van der Waals surface area contributed by atoms with Gasteiger partial charge in [0.25, 0.3) is 0 Å². The first kappa shape index (κ1) is 19.8. The predicted octanol–water partition coefficient (Wildman–Crippen LogP) is 1.60. The van der Waals surface area contributed by atoms with Gasteiger partial charge in [-0.1, -0.05) is 12.1 Å². The molecule has 30 heavy (non-hydrogen) atoms. The van der Waals surface area contributed by atoms with E-state index in [0.717, 1.165) is 19.5 Å². The van der Waals surface area contributed by atoms with E-state index < -0.39 is 0 Å². The first-order valence-electron chi connectivity index (χ1n) is 11.0. The molecule has 0 radical (unpaired) electrons. The molecular weight excluding hydrogens is 387 g/mol. The highest BCUT2D eigenvalue weighted by molar-refractivity contribution is 5.79. The molecule has 7 nitrogen and oxygen atoms in total. The molecule has 0 spiro atoms. The van der Waals surface area contributed by atoms with Crippen LogP contribution < -0.4 is 5.32 Å². The van der Waals surface area contributed by atoms with Gasteiger partial charge in [-0.3, -0.25) is 9.69 Å². The Bertz CT molecular complexity index is 792. The van der Waals surface area contributed by atoms with Crippen LogP contribution in [-0.4, -0.2) is 84.7 Å². The van der Waals surface area contributed by atoms with Crippen LogP contribution in [0.25, 0.3) is 0 Å². The van der Waals surface area contributed by atoms with Crippen LogP contribution in [0.2, 0.25) is 0 Å². The Kier molecular flexibility index (Phi) is 5.37. The normalized spacial score (nSPS) is 28.6. The van der Waals surface area contributed by atoms with Crippen LogP contribution in [0.5, 0.6) is 0 Å². The van der Waals surface area contributed by atoms with Gasteiger partial charge in [0.15, 0.2) is 0 Å². The summed E-state index contributed by atoms with van der Waals surface area (Å²) in [7, 11) is 0. The number of nitrogens with zero attached hydrogens (tertiary/aromatic N) is 3. The Hall–Kier alpha value is -2.19. The minimum Gasteiger partial charge on any atom is -0.366 e. The maximum atomic E-state index is 13.4. The van der Waals surface area contributed by atoms with Crippen molar-refractivity contribution in [2.45, 2.75) is 37.5 Å². The average Bonchev–Trinajstić information content (AvgIpc) is 3.60. The molecule has 1 aromatic rings. The molecule has 1 aliphatic carbocycles. The molecule has 1 unspecified atom stereocenters. The molecule has 3 heterocycles. The molecule has 3 saturated heterocycles. The van der Waals surface area contributed by atoms with E-state index in [1.807, 2.05) is 21.9 Å². The first-order valence-corrected chi connectivity index (χ1v) is 11.0. The van der Waals surface area contributed by atoms with E-state index in [0.29, 0.717) is 38.1 Å². The van der Waals surface area contributed by atoms with Crippen molar-refractivity contribution in [3.8, 4) is 0 Å². The second-order valence-corrected chi connectivity index (χ2v) is 8.90. The van der Waals surface area contributed by atoms with Gasteiger partial charge in [0, 0.05) is 45.3 Å². The Balaban J connectivity index is 1.18. The molecule has 0 aromatic heterocycles. The number of urea groups is 1. The Morgan fingerprint density at radius 3 is 2.47 bits per heavy atom. The number of amides is 3. The van der Waals surface area contributed by atoms with Gasteiger partial charge in [-0.05, 0) is 42.9 Å². The van der Waals surface area contributed by atoms with E-state index >= 15 is 0 Å². The van der Waals surface area contributed by atoms with E-state index in [-0.39, 0.29) is 36.5 Å². The van der Waals surface area contributed by atoms with Gasteiger partial charge >= 0.3 is 6.03 Å². The smallest absolute Gasteiger partial charge is 0.320 e. The monoisotopic (exact) mass is 416 g/mol. The van der Waals surface area contributed by atoms with Crippen LogP contribution in [0.1, 0.15) is 30.9 Å². The molecule has 5 rings (SSSR count). The number of carbonyl (C=O) groups excluding carboxylic acids is 2. The number of piperidine rings is 1. The summed E-state index contributed by atoms with van der Waals surface area (Å²) in [6, 6.07) is 7.15. The third kappa shape index (κ3) is 4.03. The zero-order chi connectivity index (χ0) is 20.7. The van der Waals surface area contributed by atoms with Crippen molar-refractivity contribution in [1.82, 2.24) is 20.0 Å². The molecule has 1 saturated carbocycles. The highest BCUT2D eigenvalue weighted by Gasteiger charge is 2.40. The molecule has 4 fully saturated rings. The number of morpholine rings is 1. The molecule has 8 heteroatoms. The Morgan fingerprint density at radius 1 is 1.03 bits per heavy atom. The van der Waals surface area contributed by atoms with E-state index in [1.165, 1.54) is 18.4 Å². The minimum atomic E-state index is -0.202. The van der Waals surface area contributed by atoms with Crippen LogP contribution >= 0.6 is 0 Å². The number of benzene rings is 1. The highest BCUT2D eigenvalue weighted by Crippen LogP contribution is 2.44. The Morgan fingerprint density at radius 2 is 1.77 bits per heavy atom. The summed E-state index contributed by atoms with van der Waals surface area (Å²) in [5, 5.41) is 2.96.